The lowest BCUT2D eigenvalue weighted by molar-refractivity contribution is -0.124. The highest BCUT2D eigenvalue weighted by Crippen LogP contribution is 2.54. The number of morpholine rings is 2. The number of aromatic amines is 1. The smallest absolute Gasteiger partial charge is 0.345 e. The molecule has 2 saturated heterocycles. The Morgan fingerprint density at radius 3 is 2.66 bits per heavy atom. The number of hydrogen-bond donors (Lipinski definition) is 4. The Kier molecular flexibility index (Phi) is 9.73. The Morgan fingerprint density at radius 1 is 1.17 bits per heavy atom. The van der Waals surface area contributed by atoms with Crippen molar-refractivity contribution in [3.05, 3.63) is 51.2 Å². The zero-order valence-corrected chi connectivity index (χ0v) is 24.9. The normalized spacial score (nSPS) is 25.2. The van der Waals surface area contributed by atoms with Crippen LogP contribution in [0.15, 0.2) is 34.4 Å². The van der Waals surface area contributed by atoms with Crippen LogP contribution in [0.1, 0.15) is 18.0 Å². The summed E-state index contributed by atoms with van der Waals surface area (Å²) in [4.78, 5) is 35.4. The number of aromatic nitrogens is 5. The second-order valence-electron chi connectivity index (χ2n) is 9.97. The van der Waals surface area contributed by atoms with Gasteiger partial charge in [0.25, 0.3) is 5.56 Å². The van der Waals surface area contributed by atoms with Gasteiger partial charge in [-0.2, -0.15) is 13.5 Å². The molecule has 0 radical (unpaired) electrons. The molecule has 226 valence electrons. The van der Waals surface area contributed by atoms with Crippen molar-refractivity contribution in [2.45, 2.75) is 31.6 Å². The van der Waals surface area contributed by atoms with Crippen LogP contribution in [-0.2, 0) is 18.6 Å². The third-order valence-corrected chi connectivity index (χ3v) is 9.46. The summed E-state index contributed by atoms with van der Waals surface area (Å²) in [5, 5.41) is 13.2. The molecule has 0 amide bonds. The molecular weight excluding hydrogens is 577 g/mol. The maximum Gasteiger partial charge on any atom is 0.345 e. The number of ether oxygens (including phenoxy) is 2. The van der Waals surface area contributed by atoms with Crippen molar-refractivity contribution >= 4 is 38.0 Å². The SMILES string of the molecule is Cc1cn([C@H]2CN([P@@](=O)(OC[C@@H]3CNC[C@H](n4cnc5c(N)ccnc54)O3)N(C)C)C[C@@H](CO)O2)c(=O)[nH]c1=O.S. The van der Waals surface area contributed by atoms with Gasteiger partial charge in [-0.3, -0.25) is 23.5 Å². The summed E-state index contributed by atoms with van der Waals surface area (Å²) in [6.45, 7) is 2.26. The van der Waals surface area contributed by atoms with Crippen LogP contribution in [0.2, 0.25) is 0 Å². The number of nitrogens with zero attached hydrogens (tertiary/aromatic N) is 6. The van der Waals surface area contributed by atoms with Crippen molar-refractivity contribution in [1.82, 2.24) is 38.7 Å². The van der Waals surface area contributed by atoms with Gasteiger partial charge in [0, 0.05) is 37.6 Å². The van der Waals surface area contributed by atoms with Crippen LogP contribution >= 0.6 is 21.2 Å². The lowest BCUT2D eigenvalue weighted by Gasteiger charge is -2.43. The number of aliphatic hydroxyl groups excluding tert-OH is 1. The topological polar surface area (TPSA) is 195 Å². The monoisotopic (exact) mass is 613 g/mol. The maximum atomic E-state index is 14.3. The van der Waals surface area contributed by atoms with Crippen molar-refractivity contribution < 1.29 is 23.7 Å². The molecule has 0 spiro atoms. The molecule has 2 aliphatic heterocycles. The third kappa shape index (κ3) is 6.28. The van der Waals surface area contributed by atoms with E-state index >= 15 is 0 Å². The highest BCUT2D eigenvalue weighted by Gasteiger charge is 2.43. The second kappa shape index (κ2) is 12.7. The average Bonchev–Trinajstić information content (AvgIpc) is 3.39. The molecule has 3 aromatic heterocycles. The lowest BCUT2D eigenvalue weighted by Crippen LogP contribution is -2.50. The number of hydrogen-bond acceptors (Lipinski definition) is 11. The van der Waals surface area contributed by atoms with Gasteiger partial charge in [-0.15, -0.1) is 0 Å². The van der Waals surface area contributed by atoms with E-state index < -0.39 is 43.6 Å². The zero-order valence-electron chi connectivity index (χ0n) is 23.0. The predicted molar refractivity (Wildman–Crippen MR) is 155 cm³/mol. The van der Waals surface area contributed by atoms with Crippen molar-refractivity contribution in [1.29, 1.82) is 0 Å². The van der Waals surface area contributed by atoms with E-state index in [1.54, 1.807) is 48.8 Å². The van der Waals surface area contributed by atoms with Crippen LogP contribution in [-0.4, -0.2) is 104 Å². The van der Waals surface area contributed by atoms with Crippen LogP contribution in [0.3, 0.4) is 0 Å². The van der Waals surface area contributed by atoms with Crippen LogP contribution < -0.4 is 22.3 Å². The van der Waals surface area contributed by atoms with E-state index in [2.05, 4.69) is 20.3 Å². The highest BCUT2D eigenvalue weighted by molar-refractivity contribution is 7.59. The van der Waals surface area contributed by atoms with Gasteiger partial charge >= 0.3 is 13.4 Å². The number of H-pyrrole nitrogens is 1. The van der Waals surface area contributed by atoms with Gasteiger partial charge < -0.3 is 30.2 Å². The molecule has 3 aromatic rings. The number of pyridine rings is 1. The molecule has 5 N–H and O–H groups in total. The first-order valence-corrected chi connectivity index (χ1v) is 14.3. The fourth-order valence-corrected chi connectivity index (χ4v) is 6.80. The molecule has 2 aliphatic rings. The standard InChI is InChI=1S/C23H34N9O7P.H2S/c1-14-8-31(23(35)28-22(14)34)19-10-30(9-16(11-33)39-19)40(36,29(2)3)37-12-15-6-25-7-18(38-15)32-13-27-20-17(24)4-5-26-21(20)32;/h4-5,8,13,15-16,18-19,25,33H,6-7,9-12H2,1-3H3,(H2,24,26)(H,28,34,35);1H2/t15-,16-,18+,19+,40-;/m0./s1. The van der Waals surface area contributed by atoms with Gasteiger partial charge in [-0.05, 0) is 27.1 Å². The maximum absolute atomic E-state index is 14.3. The number of rotatable bonds is 8. The molecule has 5 atom stereocenters. The van der Waals surface area contributed by atoms with E-state index in [1.807, 2.05) is 0 Å². The molecule has 0 unspecified atom stereocenters. The van der Waals surface area contributed by atoms with Crippen molar-refractivity contribution in [2.24, 2.45) is 0 Å². The Morgan fingerprint density at radius 2 is 1.93 bits per heavy atom. The predicted octanol–water partition coefficient (Wildman–Crippen LogP) is -0.650. The molecule has 18 heteroatoms. The van der Waals surface area contributed by atoms with Gasteiger partial charge in [0.15, 0.2) is 11.9 Å². The summed E-state index contributed by atoms with van der Waals surface area (Å²) in [7, 11) is -0.409. The van der Waals surface area contributed by atoms with Gasteiger partial charge in [-0.1, -0.05) is 0 Å². The van der Waals surface area contributed by atoms with Crippen molar-refractivity contribution in [3.8, 4) is 0 Å². The number of imidazole rings is 1. The fourth-order valence-electron chi connectivity index (χ4n) is 4.80. The summed E-state index contributed by atoms with van der Waals surface area (Å²) in [5.74, 6) is 0. The molecule has 0 saturated carbocycles. The second-order valence-corrected chi connectivity index (χ2v) is 12.6. The van der Waals surface area contributed by atoms with Crippen molar-refractivity contribution in [3.63, 3.8) is 0 Å². The molecule has 0 bridgehead atoms. The minimum absolute atomic E-state index is 0. The van der Waals surface area contributed by atoms with E-state index in [-0.39, 0.29) is 39.8 Å². The van der Waals surface area contributed by atoms with Crippen LogP contribution in [0.25, 0.3) is 11.2 Å². The minimum Gasteiger partial charge on any atom is -0.397 e. The fraction of sp³-hybridized carbons (Fsp3) is 0.565. The Balaban J connectivity index is 0.00000387. The Hall–Kier alpha value is -2.60. The Labute approximate surface area is 242 Å². The molecule has 2 fully saturated rings. The van der Waals surface area contributed by atoms with Crippen LogP contribution in [0.5, 0.6) is 0 Å². The first-order chi connectivity index (χ1) is 19.1. The summed E-state index contributed by atoms with van der Waals surface area (Å²) in [6, 6.07) is 1.68. The zero-order chi connectivity index (χ0) is 28.6. The largest absolute Gasteiger partial charge is 0.397 e. The molecule has 0 aliphatic carbocycles. The number of nitrogen functional groups attached to an aromatic ring is 1. The highest BCUT2D eigenvalue weighted by atomic mass is 32.1. The number of aliphatic hydroxyl groups is 1. The first-order valence-electron chi connectivity index (χ1n) is 12.8. The van der Waals surface area contributed by atoms with E-state index in [0.717, 1.165) is 0 Å². The van der Waals surface area contributed by atoms with Crippen LogP contribution in [0.4, 0.5) is 5.69 Å². The molecule has 5 heterocycles. The molecule has 41 heavy (non-hydrogen) atoms. The number of nitrogens with one attached hydrogen (secondary N) is 2. The first kappa shape index (κ1) is 31.3. The Bertz CT molecular complexity index is 1530. The van der Waals surface area contributed by atoms with E-state index in [0.29, 0.717) is 35.5 Å². The third-order valence-electron chi connectivity index (χ3n) is 6.92. The number of aryl methyl sites for hydroxylation is 1. The van der Waals surface area contributed by atoms with Gasteiger partial charge in [0.05, 0.1) is 44.0 Å². The average molecular weight is 614 g/mol. The molecule has 16 nitrogen and oxygen atoms in total. The van der Waals surface area contributed by atoms with Gasteiger partial charge in [0.2, 0.25) is 0 Å². The van der Waals surface area contributed by atoms with Crippen molar-refractivity contribution in [2.75, 3.05) is 59.2 Å². The van der Waals surface area contributed by atoms with Gasteiger partial charge in [0.1, 0.15) is 11.7 Å². The number of anilines is 1. The summed E-state index contributed by atoms with van der Waals surface area (Å²) in [5.41, 5.74) is 6.85. The molecule has 0 aromatic carbocycles. The minimum atomic E-state index is -3.67. The van der Waals surface area contributed by atoms with Crippen LogP contribution in [0, 0.1) is 6.92 Å². The summed E-state index contributed by atoms with van der Waals surface area (Å²) < 4.78 is 38.6. The summed E-state index contributed by atoms with van der Waals surface area (Å²) >= 11 is 0. The number of nitrogens with two attached hydrogens (primary N) is 1. The van der Waals surface area contributed by atoms with E-state index in [1.165, 1.54) is 15.4 Å². The number of fused-ring (bicyclic) bond motifs is 1. The quantitative estimate of drug-likeness (QED) is 0.234. The van der Waals surface area contributed by atoms with E-state index in [4.69, 9.17) is 19.7 Å². The van der Waals surface area contributed by atoms with Gasteiger partial charge in [-0.25, -0.2) is 24.1 Å². The summed E-state index contributed by atoms with van der Waals surface area (Å²) in [6.07, 6.45) is 2.05. The van der Waals surface area contributed by atoms with E-state index in [9.17, 15) is 19.3 Å². The molecule has 5 rings (SSSR count). The molecular formula is C23H36N9O7PS. The lowest BCUT2D eigenvalue weighted by atomic mass is 10.3.